The van der Waals surface area contributed by atoms with Crippen molar-refractivity contribution in [3.63, 3.8) is 0 Å². The van der Waals surface area contributed by atoms with E-state index in [1.54, 1.807) is 13.8 Å². The lowest BCUT2D eigenvalue weighted by molar-refractivity contribution is -0.389. The fraction of sp³-hybridized carbons (Fsp3) is 0.381. The van der Waals surface area contributed by atoms with Crippen LogP contribution in [0.3, 0.4) is 0 Å². The van der Waals surface area contributed by atoms with E-state index in [-0.39, 0.29) is 11.6 Å². The van der Waals surface area contributed by atoms with Gasteiger partial charge in [-0.3, -0.25) is 14.5 Å². The molecule has 1 N–H and O–H groups in total. The predicted molar refractivity (Wildman–Crippen MR) is 112 cm³/mol. The van der Waals surface area contributed by atoms with E-state index in [1.165, 1.54) is 17.0 Å². The van der Waals surface area contributed by atoms with Crippen molar-refractivity contribution in [3.8, 4) is 5.75 Å². The van der Waals surface area contributed by atoms with Gasteiger partial charge in [-0.25, -0.2) is 0 Å². The summed E-state index contributed by atoms with van der Waals surface area (Å²) < 4.78 is 5.52. The monoisotopic (exact) mass is 412 g/mol. The Bertz CT molecular complexity index is 985. The summed E-state index contributed by atoms with van der Waals surface area (Å²) in [6, 6.07) is 7.48. The van der Waals surface area contributed by atoms with Crippen LogP contribution in [-0.2, 0) is 22.4 Å². The van der Waals surface area contributed by atoms with Gasteiger partial charge < -0.3 is 20.2 Å². The first-order chi connectivity index (χ1) is 14.3. The smallest absolute Gasteiger partial charge is 0.366 e. The molecule has 0 fully saturated rings. The number of carbonyl (C=O) groups excluding carboxylic acids is 2. The fourth-order valence-corrected chi connectivity index (χ4v) is 3.46. The lowest BCUT2D eigenvalue weighted by Gasteiger charge is -2.33. The minimum atomic E-state index is -0.952. The van der Waals surface area contributed by atoms with Gasteiger partial charge in [0, 0.05) is 11.8 Å². The molecule has 0 saturated heterocycles. The number of aromatic nitrogens is 1. The van der Waals surface area contributed by atoms with Crippen LogP contribution in [0.15, 0.2) is 30.3 Å². The highest BCUT2D eigenvalue weighted by atomic mass is 16.6. The molecule has 2 heterocycles. The van der Waals surface area contributed by atoms with Crippen LogP contribution in [0, 0.1) is 10.1 Å². The zero-order chi connectivity index (χ0) is 22.0. The van der Waals surface area contributed by atoms with Crippen molar-refractivity contribution in [1.82, 2.24) is 4.98 Å². The van der Waals surface area contributed by atoms with Gasteiger partial charge in [0.1, 0.15) is 6.04 Å². The van der Waals surface area contributed by atoms with Gasteiger partial charge in [0.2, 0.25) is 5.91 Å². The number of nitro groups is 1. The summed E-state index contributed by atoms with van der Waals surface area (Å²) >= 11 is 0. The maximum absolute atomic E-state index is 13.1. The molecule has 2 atom stereocenters. The number of para-hydroxylation sites is 1. The van der Waals surface area contributed by atoms with E-state index >= 15 is 0 Å². The summed E-state index contributed by atoms with van der Waals surface area (Å²) in [7, 11) is 0. The van der Waals surface area contributed by atoms with Crippen LogP contribution >= 0.6 is 0 Å². The molecule has 0 aliphatic carbocycles. The number of fused-ring (bicyclic) bond motifs is 1. The molecule has 0 bridgehead atoms. The number of anilines is 2. The highest BCUT2D eigenvalue weighted by Gasteiger charge is 2.41. The standard InChI is InChI=1S/C21H24N4O5/c1-5-14-8-7-9-15(6-2)18(14)23-20(26)12(3)24-19-16(30-13(4)21(24)27)10-11-17(22-19)25(28)29/h7-13H,5-6H2,1-4H3,(H,23,26). The third-order valence-electron chi connectivity index (χ3n) is 5.14. The third kappa shape index (κ3) is 3.83. The Hall–Kier alpha value is -3.49. The molecular formula is C21H24N4O5. The molecule has 1 aromatic heterocycles. The first kappa shape index (κ1) is 21.2. The minimum absolute atomic E-state index is 0.0329. The number of nitrogens with one attached hydrogen (secondary N) is 1. The Kier molecular flexibility index (Phi) is 6.00. The van der Waals surface area contributed by atoms with Crippen molar-refractivity contribution in [2.24, 2.45) is 0 Å². The molecule has 1 aromatic carbocycles. The number of rotatable bonds is 6. The largest absolute Gasteiger partial charge is 0.475 e. The van der Waals surface area contributed by atoms with Gasteiger partial charge in [0.05, 0.1) is 0 Å². The zero-order valence-electron chi connectivity index (χ0n) is 17.3. The Morgan fingerprint density at radius 3 is 2.47 bits per heavy atom. The van der Waals surface area contributed by atoms with E-state index in [9.17, 15) is 19.7 Å². The van der Waals surface area contributed by atoms with Crippen LogP contribution in [-0.4, -0.2) is 33.9 Å². The second kappa shape index (κ2) is 8.48. The predicted octanol–water partition coefficient (Wildman–Crippen LogP) is 3.26. The first-order valence-electron chi connectivity index (χ1n) is 9.85. The van der Waals surface area contributed by atoms with Crippen molar-refractivity contribution in [2.75, 3.05) is 10.2 Å². The van der Waals surface area contributed by atoms with Crippen LogP contribution in [0.1, 0.15) is 38.8 Å². The molecule has 9 heteroatoms. The number of pyridine rings is 1. The van der Waals surface area contributed by atoms with Crippen molar-refractivity contribution < 1.29 is 19.2 Å². The molecular weight excluding hydrogens is 388 g/mol. The summed E-state index contributed by atoms with van der Waals surface area (Å²) in [5.74, 6) is -1.14. The van der Waals surface area contributed by atoms with E-state index in [0.29, 0.717) is 0 Å². The summed E-state index contributed by atoms with van der Waals surface area (Å²) in [6.45, 7) is 7.13. The molecule has 0 saturated carbocycles. The number of ether oxygens (including phenoxy) is 1. The number of hydrogen-bond donors (Lipinski definition) is 1. The van der Waals surface area contributed by atoms with Gasteiger partial charge in [-0.15, -0.1) is 0 Å². The second-order valence-corrected chi connectivity index (χ2v) is 7.04. The Morgan fingerprint density at radius 1 is 1.27 bits per heavy atom. The van der Waals surface area contributed by atoms with Gasteiger partial charge in [-0.1, -0.05) is 32.0 Å². The molecule has 3 rings (SSSR count). The summed E-state index contributed by atoms with van der Waals surface area (Å²) in [4.78, 5) is 41.6. The minimum Gasteiger partial charge on any atom is -0.475 e. The fourth-order valence-electron chi connectivity index (χ4n) is 3.46. The van der Waals surface area contributed by atoms with Gasteiger partial charge in [0.25, 0.3) is 11.7 Å². The topological polar surface area (TPSA) is 115 Å². The van der Waals surface area contributed by atoms with E-state index < -0.39 is 34.7 Å². The average molecular weight is 412 g/mol. The Morgan fingerprint density at radius 2 is 1.90 bits per heavy atom. The van der Waals surface area contributed by atoms with E-state index in [4.69, 9.17) is 4.74 Å². The normalized spacial score (nSPS) is 16.5. The van der Waals surface area contributed by atoms with Gasteiger partial charge in [0.15, 0.2) is 11.9 Å². The maximum atomic E-state index is 13.1. The van der Waals surface area contributed by atoms with Crippen molar-refractivity contribution >= 4 is 29.1 Å². The molecule has 30 heavy (non-hydrogen) atoms. The molecule has 2 aromatic rings. The number of carbonyl (C=O) groups is 2. The van der Waals surface area contributed by atoms with Crippen LogP contribution < -0.4 is 15.0 Å². The molecule has 1 aliphatic heterocycles. The number of benzene rings is 1. The number of nitrogens with zero attached hydrogens (tertiary/aromatic N) is 3. The Labute approximate surface area is 174 Å². The zero-order valence-corrected chi connectivity index (χ0v) is 17.3. The van der Waals surface area contributed by atoms with Gasteiger partial charge in [-0.2, -0.15) is 0 Å². The highest BCUT2D eigenvalue weighted by Crippen LogP contribution is 2.35. The molecule has 2 unspecified atom stereocenters. The van der Waals surface area contributed by atoms with Crippen molar-refractivity contribution in [3.05, 3.63) is 51.6 Å². The van der Waals surface area contributed by atoms with E-state index in [2.05, 4.69) is 10.3 Å². The molecule has 2 amide bonds. The lowest BCUT2D eigenvalue weighted by Crippen LogP contribution is -2.53. The molecule has 0 radical (unpaired) electrons. The second-order valence-electron chi connectivity index (χ2n) is 7.04. The van der Waals surface area contributed by atoms with Crippen LogP contribution in [0.4, 0.5) is 17.3 Å². The maximum Gasteiger partial charge on any atom is 0.366 e. The number of hydrogen-bond acceptors (Lipinski definition) is 6. The molecule has 9 nitrogen and oxygen atoms in total. The van der Waals surface area contributed by atoms with Gasteiger partial charge in [-0.05, 0) is 53.8 Å². The van der Waals surface area contributed by atoms with Gasteiger partial charge >= 0.3 is 5.82 Å². The van der Waals surface area contributed by atoms with Crippen molar-refractivity contribution in [1.29, 1.82) is 0 Å². The molecule has 1 aliphatic rings. The Balaban J connectivity index is 1.98. The summed E-state index contributed by atoms with van der Waals surface area (Å²) in [5, 5.41) is 14.1. The van der Waals surface area contributed by atoms with Crippen LogP contribution in [0.2, 0.25) is 0 Å². The van der Waals surface area contributed by atoms with E-state index in [0.717, 1.165) is 29.7 Å². The summed E-state index contributed by atoms with van der Waals surface area (Å²) in [6.07, 6.45) is 0.634. The highest BCUT2D eigenvalue weighted by molar-refractivity contribution is 6.07. The van der Waals surface area contributed by atoms with Crippen LogP contribution in [0.25, 0.3) is 0 Å². The summed E-state index contributed by atoms with van der Waals surface area (Å²) in [5.41, 5.74) is 2.72. The lowest BCUT2D eigenvalue weighted by atomic mass is 10.0. The van der Waals surface area contributed by atoms with Crippen LogP contribution in [0.5, 0.6) is 5.75 Å². The number of aryl methyl sites for hydroxylation is 2. The van der Waals surface area contributed by atoms with E-state index in [1.807, 2.05) is 32.0 Å². The SMILES string of the molecule is CCc1cccc(CC)c1NC(=O)C(C)N1C(=O)C(C)Oc2ccc([N+](=O)[O-])nc21. The third-order valence-corrected chi connectivity index (χ3v) is 5.14. The van der Waals surface area contributed by atoms with Crippen molar-refractivity contribution in [2.45, 2.75) is 52.7 Å². The molecule has 0 spiro atoms. The first-order valence-corrected chi connectivity index (χ1v) is 9.85. The molecule has 158 valence electrons. The number of amides is 2. The quantitative estimate of drug-likeness (QED) is 0.575. The average Bonchev–Trinajstić information content (AvgIpc) is 2.73.